The number of hydrogen-bond donors (Lipinski definition) is 0. The van der Waals surface area contributed by atoms with E-state index in [1.165, 1.54) is 20.6 Å². The Hall–Kier alpha value is -2.10. The molecule has 0 aromatic heterocycles. The monoisotopic (exact) mass is 545 g/mol. The van der Waals surface area contributed by atoms with Crippen molar-refractivity contribution in [1.29, 1.82) is 0 Å². The van der Waals surface area contributed by atoms with Crippen LogP contribution in [0.5, 0.6) is 0 Å². The summed E-state index contributed by atoms with van der Waals surface area (Å²) in [7, 11) is 0. The van der Waals surface area contributed by atoms with E-state index in [4.69, 9.17) is 3.32 Å². The molecule has 3 aromatic rings. The van der Waals surface area contributed by atoms with E-state index in [1.54, 1.807) is 6.92 Å². The Bertz CT molecular complexity index is 1160. The van der Waals surface area contributed by atoms with Crippen LogP contribution in [0.2, 0.25) is 0 Å². The van der Waals surface area contributed by atoms with Crippen LogP contribution < -0.4 is 11.6 Å². The first-order valence-electron chi connectivity index (χ1n) is 11.6. The summed E-state index contributed by atoms with van der Waals surface area (Å²) in [5.74, 6) is -0.248. The predicted molar refractivity (Wildman–Crippen MR) is 149 cm³/mol. The van der Waals surface area contributed by atoms with Crippen molar-refractivity contribution in [3.63, 3.8) is 0 Å². The van der Waals surface area contributed by atoms with Gasteiger partial charge in [0, 0.05) is 0 Å². The van der Waals surface area contributed by atoms with E-state index in [0.717, 1.165) is 11.6 Å². The maximum Gasteiger partial charge on any atom is -0.147 e. The predicted octanol–water partition coefficient (Wildman–Crippen LogP) is 6.62. The van der Waals surface area contributed by atoms with Crippen LogP contribution in [-0.4, -0.2) is 5.97 Å². The molecule has 0 amide bonds. The minimum atomic E-state index is -4.98. The van der Waals surface area contributed by atoms with Crippen molar-refractivity contribution in [1.82, 2.24) is 0 Å². The molecule has 4 rings (SSSR count). The van der Waals surface area contributed by atoms with Gasteiger partial charge in [0.1, 0.15) is 0 Å². The molecule has 1 aliphatic carbocycles. The molecule has 0 bridgehead atoms. The standard InChI is InChI=1S/C10H15.3C6H5.C2H4O2.2ClH.Ti/c1-7-6-10(4,5)9(3)8(7)2;3*1-2-4-6-5-3-1;1-2(3)4;;;/h1-5H3;3*1-5H;1H3,(H,3,4);2*1H;/q;;;;;;;+1/p-1. The third kappa shape index (κ3) is 4.05. The molecule has 0 unspecified atom stereocenters. The summed E-state index contributed by atoms with van der Waals surface area (Å²) in [5.41, 5.74) is 3.59. The largest absolute Gasteiger partial charge is 0.147 e. The van der Waals surface area contributed by atoms with Crippen LogP contribution >= 0.6 is 24.8 Å². The van der Waals surface area contributed by atoms with Crippen LogP contribution in [0.1, 0.15) is 41.5 Å². The first-order valence-corrected chi connectivity index (χ1v) is 15.4. The summed E-state index contributed by atoms with van der Waals surface area (Å²) in [6.45, 7) is 12.8. The van der Waals surface area contributed by atoms with Crippen LogP contribution in [0.25, 0.3) is 0 Å². The van der Waals surface area contributed by atoms with E-state index in [1.807, 2.05) is 18.2 Å². The number of allylic oxidation sites excluding steroid dienone is 4. The zero-order chi connectivity index (χ0) is 23.9. The van der Waals surface area contributed by atoms with Gasteiger partial charge in [0.05, 0.1) is 0 Å². The summed E-state index contributed by atoms with van der Waals surface area (Å²) in [6, 6.07) is 31.5. The van der Waals surface area contributed by atoms with Gasteiger partial charge in [-0.05, 0) is 0 Å². The maximum atomic E-state index is 13.2. The Balaban J connectivity index is 0.00000216. The van der Waals surface area contributed by atoms with E-state index in [2.05, 4.69) is 107 Å². The van der Waals surface area contributed by atoms with Gasteiger partial charge < -0.3 is 0 Å². The van der Waals surface area contributed by atoms with Gasteiger partial charge in [-0.15, -0.1) is 24.8 Å². The van der Waals surface area contributed by atoms with Crippen molar-refractivity contribution in [2.45, 2.75) is 41.5 Å². The fourth-order valence-electron chi connectivity index (χ4n) is 6.26. The minimum Gasteiger partial charge on any atom is -0.147 e. The smallest absolute Gasteiger partial charge is 0.147 e. The zero-order valence-corrected chi connectivity index (χ0v) is 24.5. The molecule has 0 N–H and O–H groups in total. The van der Waals surface area contributed by atoms with Crippen molar-refractivity contribution in [3.8, 4) is 0 Å². The summed E-state index contributed by atoms with van der Waals surface area (Å²) in [4.78, 5) is 13.2. The molecule has 0 fully saturated rings. The van der Waals surface area contributed by atoms with Crippen molar-refractivity contribution < 1.29 is 23.8 Å². The van der Waals surface area contributed by atoms with E-state index >= 15 is 0 Å². The van der Waals surface area contributed by atoms with Gasteiger partial charge in [-0.3, -0.25) is 0 Å². The Labute approximate surface area is 223 Å². The van der Waals surface area contributed by atoms with Gasteiger partial charge in [-0.1, -0.05) is 0 Å². The number of benzene rings is 3. The Kier molecular flexibility index (Phi) is 8.73. The number of carbonyl (C=O) groups excluding carboxylic acids is 1. The molecular formula is C30H35Cl2O2Ti. The number of rotatable bonds is 5. The number of hydrogen-bond acceptors (Lipinski definition) is 2. The average molecular weight is 546 g/mol. The third-order valence-electron chi connectivity index (χ3n) is 7.86. The molecule has 2 nitrogen and oxygen atoms in total. The molecule has 185 valence electrons. The van der Waals surface area contributed by atoms with E-state index < -0.39 is 15.7 Å². The van der Waals surface area contributed by atoms with Crippen molar-refractivity contribution >= 4 is 42.4 Å². The van der Waals surface area contributed by atoms with E-state index in [-0.39, 0.29) is 36.2 Å². The maximum absolute atomic E-state index is 13.2. The Morgan fingerprint density at radius 1 is 0.657 bits per heavy atom. The van der Waals surface area contributed by atoms with Crippen LogP contribution in [0.4, 0.5) is 0 Å². The van der Waals surface area contributed by atoms with E-state index in [9.17, 15) is 4.79 Å². The summed E-state index contributed by atoms with van der Waals surface area (Å²) in [5, 5.41) is 0. The van der Waals surface area contributed by atoms with Crippen LogP contribution in [-0.2, 0) is 23.8 Å². The second-order valence-electron chi connectivity index (χ2n) is 9.72. The van der Waals surface area contributed by atoms with Gasteiger partial charge in [0.25, 0.3) is 0 Å². The molecule has 0 spiro atoms. The van der Waals surface area contributed by atoms with Crippen LogP contribution in [0.15, 0.2) is 112 Å². The number of halogens is 2. The SMILES string of the molecule is CC(=O)[O][Ti]([C]1=C(C)C(C)=C(C)C1(C)C)([c]1ccccc1)([c]1ccccc1)[c]1ccccc1.Cl.Cl. The molecular weight excluding hydrogens is 511 g/mol. The molecule has 0 heterocycles. The average Bonchev–Trinajstić information content (AvgIpc) is 2.98. The fraction of sp³-hybridized carbons (Fsp3) is 0.233. The van der Waals surface area contributed by atoms with Crippen molar-refractivity contribution in [2.24, 2.45) is 5.41 Å². The van der Waals surface area contributed by atoms with Gasteiger partial charge in [-0.25, -0.2) is 0 Å². The first kappa shape index (κ1) is 29.1. The number of carbonyl (C=O) groups is 1. The molecule has 35 heavy (non-hydrogen) atoms. The second-order valence-corrected chi connectivity index (χ2v) is 17.1. The molecule has 0 saturated carbocycles. The Morgan fingerprint density at radius 2 is 1.00 bits per heavy atom. The zero-order valence-electron chi connectivity index (χ0n) is 21.3. The molecule has 0 atom stereocenters. The van der Waals surface area contributed by atoms with Gasteiger partial charge in [0.2, 0.25) is 0 Å². The Morgan fingerprint density at radius 3 is 1.26 bits per heavy atom. The fourth-order valence-corrected chi connectivity index (χ4v) is 18.2. The third-order valence-corrected chi connectivity index (χ3v) is 18.7. The second kappa shape index (κ2) is 10.5. The molecule has 1 aliphatic rings. The quantitative estimate of drug-likeness (QED) is 0.336. The summed E-state index contributed by atoms with van der Waals surface area (Å²) < 4.78 is 11.6. The van der Waals surface area contributed by atoms with Crippen LogP contribution in [0, 0.1) is 5.41 Å². The molecule has 3 aromatic carbocycles. The topological polar surface area (TPSA) is 26.3 Å². The molecule has 0 radical (unpaired) electrons. The molecule has 0 aliphatic heterocycles. The summed E-state index contributed by atoms with van der Waals surface area (Å²) >= 11 is -4.98. The van der Waals surface area contributed by atoms with Gasteiger partial charge >= 0.3 is 200 Å². The van der Waals surface area contributed by atoms with Crippen molar-refractivity contribution in [3.05, 3.63) is 112 Å². The van der Waals surface area contributed by atoms with Crippen LogP contribution in [0.3, 0.4) is 0 Å². The first-order chi connectivity index (χ1) is 15.7. The van der Waals surface area contributed by atoms with Crippen molar-refractivity contribution in [2.75, 3.05) is 0 Å². The minimum absolute atomic E-state index is 0. The molecule has 5 heteroatoms. The van der Waals surface area contributed by atoms with Gasteiger partial charge in [0.15, 0.2) is 0 Å². The summed E-state index contributed by atoms with van der Waals surface area (Å²) in [6.07, 6.45) is 0. The van der Waals surface area contributed by atoms with Gasteiger partial charge in [-0.2, -0.15) is 0 Å². The normalized spacial score (nSPS) is 16.0. The molecule has 0 saturated heterocycles. The van der Waals surface area contributed by atoms with E-state index in [0.29, 0.717) is 0 Å².